The Labute approximate surface area is 132 Å². The second kappa shape index (κ2) is 7.09. The van der Waals surface area contributed by atoms with Crippen molar-refractivity contribution in [3.63, 3.8) is 0 Å². The van der Waals surface area contributed by atoms with E-state index >= 15 is 0 Å². The van der Waals surface area contributed by atoms with Crippen LogP contribution < -0.4 is 5.32 Å². The van der Waals surface area contributed by atoms with Crippen molar-refractivity contribution in [3.8, 4) is 0 Å². The van der Waals surface area contributed by atoms with Crippen LogP contribution >= 0.6 is 15.9 Å². The molecule has 2 heteroatoms. The van der Waals surface area contributed by atoms with Crippen LogP contribution in [-0.4, -0.2) is 13.1 Å². The maximum absolute atomic E-state index is 3.63. The van der Waals surface area contributed by atoms with Gasteiger partial charge in [0.1, 0.15) is 0 Å². The van der Waals surface area contributed by atoms with Crippen molar-refractivity contribution in [2.75, 3.05) is 13.1 Å². The minimum Gasteiger partial charge on any atom is -0.316 e. The lowest BCUT2D eigenvalue weighted by molar-refractivity contribution is 0.116. The molecule has 112 valence electrons. The zero-order valence-electron chi connectivity index (χ0n) is 13.1. The largest absolute Gasteiger partial charge is 0.316 e. The monoisotopic (exact) mass is 337 g/mol. The first-order valence-corrected chi connectivity index (χ1v) is 8.86. The van der Waals surface area contributed by atoms with E-state index in [1.807, 2.05) is 0 Å². The van der Waals surface area contributed by atoms with Crippen LogP contribution in [0.1, 0.15) is 57.9 Å². The topological polar surface area (TPSA) is 12.0 Å². The molecule has 1 heterocycles. The average Bonchev–Trinajstić information content (AvgIpc) is 2.47. The Bertz CT molecular complexity index is 431. The maximum atomic E-state index is 3.63. The van der Waals surface area contributed by atoms with Crippen molar-refractivity contribution < 1.29 is 0 Å². The predicted molar refractivity (Wildman–Crippen MR) is 91.2 cm³/mol. The highest BCUT2D eigenvalue weighted by Crippen LogP contribution is 2.48. The standard InChI is InChI=1S/C18H28BrN/c1-4-14(3)12-18(5-2)9-10-20-13-17(18)15-7-6-8-16(19)11-15/h6-8,11,14,17,20H,4-5,9-10,12-13H2,1-3H3. The number of hydrogen-bond acceptors (Lipinski definition) is 1. The Morgan fingerprint density at radius 2 is 2.20 bits per heavy atom. The van der Waals surface area contributed by atoms with E-state index in [9.17, 15) is 0 Å². The SMILES string of the molecule is CCC(C)CC1(CC)CCNCC1c1cccc(Br)c1. The van der Waals surface area contributed by atoms with Crippen LogP contribution in [0, 0.1) is 11.3 Å². The molecule has 0 aliphatic carbocycles. The van der Waals surface area contributed by atoms with E-state index in [1.54, 1.807) is 0 Å². The molecule has 1 aromatic carbocycles. The van der Waals surface area contributed by atoms with E-state index in [-0.39, 0.29) is 0 Å². The molecule has 0 saturated carbocycles. The van der Waals surface area contributed by atoms with Gasteiger partial charge < -0.3 is 5.32 Å². The molecule has 0 bridgehead atoms. The molecule has 20 heavy (non-hydrogen) atoms. The Kier molecular flexibility index (Phi) is 5.68. The summed E-state index contributed by atoms with van der Waals surface area (Å²) < 4.78 is 1.20. The summed E-state index contributed by atoms with van der Waals surface area (Å²) >= 11 is 3.63. The molecule has 1 saturated heterocycles. The van der Waals surface area contributed by atoms with Crippen LogP contribution in [0.2, 0.25) is 0 Å². The van der Waals surface area contributed by atoms with Crippen LogP contribution in [0.15, 0.2) is 28.7 Å². The van der Waals surface area contributed by atoms with Crippen molar-refractivity contribution in [2.24, 2.45) is 11.3 Å². The summed E-state index contributed by atoms with van der Waals surface area (Å²) in [5.74, 6) is 1.47. The van der Waals surface area contributed by atoms with Gasteiger partial charge in [-0.15, -0.1) is 0 Å². The van der Waals surface area contributed by atoms with Gasteiger partial charge in [0, 0.05) is 16.9 Å². The van der Waals surface area contributed by atoms with E-state index in [4.69, 9.17) is 0 Å². The number of piperidine rings is 1. The molecule has 0 radical (unpaired) electrons. The fourth-order valence-electron chi connectivity index (χ4n) is 3.82. The normalized spacial score (nSPS) is 28.3. The van der Waals surface area contributed by atoms with Crippen molar-refractivity contribution in [1.29, 1.82) is 0 Å². The van der Waals surface area contributed by atoms with Crippen molar-refractivity contribution >= 4 is 15.9 Å². The summed E-state index contributed by atoms with van der Waals surface area (Å²) in [5, 5.41) is 3.62. The third-order valence-corrected chi connectivity index (χ3v) is 5.79. The summed E-state index contributed by atoms with van der Waals surface area (Å²) in [6, 6.07) is 8.93. The van der Waals surface area contributed by atoms with Gasteiger partial charge in [-0.25, -0.2) is 0 Å². The van der Waals surface area contributed by atoms with E-state index in [1.165, 1.54) is 42.3 Å². The van der Waals surface area contributed by atoms with Crippen molar-refractivity contribution in [1.82, 2.24) is 5.32 Å². The lowest BCUT2D eigenvalue weighted by Gasteiger charge is -2.46. The highest BCUT2D eigenvalue weighted by molar-refractivity contribution is 9.10. The lowest BCUT2D eigenvalue weighted by Crippen LogP contribution is -2.44. The molecular formula is C18H28BrN. The molecule has 3 atom stereocenters. The minimum atomic E-state index is 0.474. The van der Waals surface area contributed by atoms with Gasteiger partial charge in [0.05, 0.1) is 0 Å². The molecule has 1 N–H and O–H groups in total. The zero-order valence-corrected chi connectivity index (χ0v) is 14.7. The molecule has 0 spiro atoms. The van der Waals surface area contributed by atoms with Gasteiger partial charge in [0.25, 0.3) is 0 Å². The molecule has 1 fully saturated rings. The second-order valence-electron chi connectivity index (χ2n) is 6.50. The maximum Gasteiger partial charge on any atom is 0.0178 e. The van der Waals surface area contributed by atoms with Crippen LogP contribution in [0.4, 0.5) is 0 Å². The first-order valence-electron chi connectivity index (χ1n) is 8.07. The van der Waals surface area contributed by atoms with Gasteiger partial charge in [-0.1, -0.05) is 55.3 Å². The van der Waals surface area contributed by atoms with Crippen LogP contribution in [0.5, 0.6) is 0 Å². The highest BCUT2D eigenvalue weighted by Gasteiger charge is 2.40. The summed E-state index contributed by atoms with van der Waals surface area (Å²) in [4.78, 5) is 0. The first-order chi connectivity index (χ1) is 9.61. The van der Waals surface area contributed by atoms with E-state index < -0.39 is 0 Å². The van der Waals surface area contributed by atoms with Crippen molar-refractivity contribution in [3.05, 3.63) is 34.3 Å². The molecule has 0 aromatic heterocycles. The second-order valence-corrected chi connectivity index (χ2v) is 7.41. The molecule has 0 amide bonds. The molecule has 2 rings (SSSR count). The molecular weight excluding hydrogens is 310 g/mol. The fraction of sp³-hybridized carbons (Fsp3) is 0.667. The van der Waals surface area contributed by atoms with E-state index in [0.29, 0.717) is 11.3 Å². The number of nitrogens with one attached hydrogen (secondary N) is 1. The van der Waals surface area contributed by atoms with Crippen LogP contribution in [0.3, 0.4) is 0 Å². The van der Waals surface area contributed by atoms with Gasteiger partial charge in [-0.3, -0.25) is 0 Å². The summed E-state index contributed by atoms with van der Waals surface area (Å²) in [6.45, 7) is 9.43. The number of halogens is 1. The number of hydrogen-bond donors (Lipinski definition) is 1. The van der Waals surface area contributed by atoms with Crippen LogP contribution in [-0.2, 0) is 0 Å². The van der Waals surface area contributed by atoms with Gasteiger partial charge in [-0.05, 0) is 54.8 Å². The Balaban J connectivity index is 2.31. The fourth-order valence-corrected chi connectivity index (χ4v) is 4.24. The van der Waals surface area contributed by atoms with Gasteiger partial charge in [0.2, 0.25) is 0 Å². The van der Waals surface area contributed by atoms with E-state index in [2.05, 4.69) is 66.3 Å². The molecule has 1 aliphatic heterocycles. The third kappa shape index (κ3) is 3.46. The Hall–Kier alpha value is -0.340. The summed E-state index contributed by atoms with van der Waals surface area (Å²) in [5.41, 5.74) is 1.97. The Morgan fingerprint density at radius 3 is 2.85 bits per heavy atom. The smallest absolute Gasteiger partial charge is 0.0178 e. The van der Waals surface area contributed by atoms with Crippen molar-refractivity contribution in [2.45, 2.75) is 52.4 Å². The first kappa shape index (κ1) is 16.0. The van der Waals surface area contributed by atoms with Crippen LogP contribution in [0.25, 0.3) is 0 Å². The minimum absolute atomic E-state index is 0.474. The number of benzene rings is 1. The average molecular weight is 338 g/mol. The third-order valence-electron chi connectivity index (χ3n) is 5.29. The lowest BCUT2D eigenvalue weighted by atomic mass is 9.62. The van der Waals surface area contributed by atoms with Gasteiger partial charge in [-0.2, -0.15) is 0 Å². The quantitative estimate of drug-likeness (QED) is 0.762. The predicted octanol–water partition coefficient (Wildman–Crippen LogP) is 5.36. The molecule has 1 aliphatic rings. The number of rotatable bonds is 5. The van der Waals surface area contributed by atoms with Gasteiger partial charge in [0.15, 0.2) is 0 Å². The summed E-state index contributed by atoms with van der Waals surface area (Å²) in [7, 11) is 0. The molecule has 1 nitrogen and oxygen atoms in total. The zero-order chi connectivity index (χ0) is 14.6. The molecule has 3 unspecified atom stereocenters. The molecule has 1 aromatic rings. The highest BCUT2D eigenvalue weighted by atomic mass is 79.9. The Morgan fingerprint density at radius 1 is 1.40 bits per heavy atom. The summed E-state index contributed by atoms with van der Waals surface area (Å²) in [6.07, 6.45) is 5.25. The van der Waals surface area contributed by atoms with E-state index in [0.717, 1.165) is 12.5 Å². The van der Waals surface area contributed by atoms with Gasteiger partial charge >= 0.3 is 0 Å².